The summed E-state index contributed by atoms with van der Waals surface area (Å²) in [6, 6.07) is 0. The molecule has 5 unspecified atom stereocenters. The van der Waals surface area contributed by atoms with E-state index in [0.29, 0.717) is 59.3 Å². The van der Waals surface area contributed by atoms with Gasteiger partial charge < -0.3 is 68.5 Å². The summed E-state index contributed by atoms with van der Waals surface area (Å²) in [5.74, 6) is -0.646. The molecule has 2 rings (SSSR count). The van der Waals surface area contributed by atoms with Crippen molar-refractivity contribution in [2.24, 2.45) is 17.8 Å². The zero-order valence-electron chi connectivity index (χ0n) is 24.5. The Morgan fingerprint density at radius 2 is 1.05 bits per heavy atom. The Labute approximate surface area is 242 Å². The van der Waals surface area contributed by atoms with E-state index in [1.807, 2.05) is 13.8 Å². The lowest BCUT2D eigenvalue weighted by Crippen LogP contribution is -2.56. The number of hydrogen-bond donors (Lipinski definition) is 6. The molecule has 2 heterocycles. The van der Waals surface area contributed by atoms with Gasteiger partial charge in [-0.15, -0.1) is 0 Å². The van der Waals surface area contributed by atoms with E-state index < -0.39 is 68.3 Å². The molecule has 0 aromatic rings. The van der Waals surface area contributed by atoms with Gasteiger partial charge in [-0.2, -0.15) is 0 Å². The molecule has 0 amide bonds. The van der Waals surface area contributed by atoms with Crippen molar-refractivity contribution in [3.63, 3.8) is 0 Å². The van der Waals surface area contributed by atoms with Crippen molar-refractivity contribution in [3.8, 4) is 0 Å². The molecule has 41 heavy (non-hydrogen) atoms. The van der Waals surface area contributed by atoms with Crippen molar-refractivity contribution in [1.82, 2.24) is 0 Å². The standard InChI is InChI=1S/C27H52O14/c1-4-19-23(31)25(33)21(14-29)41-27(19)39-12-10-35-6-8-37-16-17(2)15-36-7-5-34-9-11-38-26-18(3)22(30)24(32)20(13-28)40-26/h17-33H,4-16H2,1-3H3/t17?,18-,19-,20?,21?,22?,23?,24-,25-,26+,27+/m0/s1. The van der Waals surface area contributed by atoms with Crippen LogP contribution in [-0.2, 0) is 37.9 Å². The van der Waals surface area contributed by atoms with Crippen molar-refractivity contribution < 1.29 is 68.5 Å². The van der Waals surface area contributed by atoms with Crippen LogP contribution < -0.4 is 0 Å². The fourth-order valence-corrected chi connectivity index (χ4v) is 4.65. The van der Waals surface area contributed by atoms with Crippen molar-refractivity contribution in [3.05, 3.63) is 0 Å². The van der Waals surface area contributed by atoms with Crippen LogP contribution in [0.15, 0.2) is 0 Å². The number of rotatable bonds is 21. The van der Waals surface area contributed by atoms with Crippen LogP contribution in [0.25, 0.3) is 0 Å². The normalized spacial score (nSPS) is 35.0. The Balaban J connectivity index is 1.40. The van der Waals surface area contributed by atoms with Gasteiger partial charge in [-0.25, -0.2) is 0 Å². The molecule has 2 fully saturated rings. The predicted molar refractivity (Wildman–Crippen MR) is 143 cm³/mol. The van der Waals surface area contributed by atoms with Gasteiger partial charge in [0.05, 0.1) is 91.5 Å². The van der Waals surface area contributed by atoms with E-state index in [0.717, 1.165) is 0 Å². The molecule has 11 atom stereocenters. The lowest BCUT2D eigenvalue weighted by atomic mass is 9.89. The third-order valence-corrected chi connectivity index (χ3v) is 7.24. The van der Waals surface area contributed by atoms with Gasteiger partial charge >= 0.3 is 0 Å². The lowest BCUT2D eigenvalue weighted by molar-refractivity contribution is -0.287. The van der Waals surface area contributed by atoms with Gasteiger partial charge in [0.15, 0.2) is 12.6 Å². The van der Waals surface area contributed by atoms with Crippen molar-refractivity contribution in [1.29, 1.82) is 0 Å². The predicted octanol–water partition coefficient (Wildman–Crippen LogP) is -1.74. The quantitative estimate of drug-likeness (QED) is 0.0813. The molecule has 14 nitrogen and oxygen atoms in total. The Bertz CT molecular complexity index is 658. The summed E-state index contributed by atoms with van der Waals surface area (Å²) in [7, 11) is 0. The van der Waals surface area contributed by atoms with Gasteiger partial charge in [0.1, 0.15) is 24.4 Å². The Morgan fingerprint density at radius 1 is 0.610 bits per heavy atom. The first-order chi connectivity index (χ1) is 19.7. The molecule has 2 saturated heterocycles. The molecule has 0 saturated carbocycles. The lowest BCUT2D eigenvalue weighted by Gasteiger charge is -2.41. The molecule has 2 aliphatic rings. The summed E-state index contributed by atoms with van der Waals surface area (Å²) in [5, 5.41) is 58.7. The third-order valence-electron chi connectivity index (χ3n) is 7.24. The summed E-state index contributed by atoms with van der Waals surface area (Å²) in [5.41, 5.74) is 0. The van der Waals surface area contributed by atoms with Crippen molar-refractivity contribution >= 4 is 0 Å². The topological polar surface area (TPSA) is 195 Å². The monoisotopic (exact) mass is 600 g/mol. The van der Waals surface area contributed by atoms with E-state index in [-0.39, 0.29) is 25.0 Å². The minimum absolute atomic E-state index is 0.184. The number of ether oxygens (including phenoxy) is 8. The average Bonchev–Trinajstić information content (AvgIpc) is 2.97. The van der Waals surface area contributed by atoms with Crippen LogP contribution in [0.2, 0.25) is 0 Å². The molecule has 14 heteroatoms. The number of aliphatic hydroxyl groups is 6. The molecule has 6 N–H and O–H groups in total. The number of aliphatic hydroxyl groups excluding tert-OH is 6. The molecule has 0 aliphatic carbocycles. The maximum atomic E-state index is 10.2. The minimum Gasteiger partial charge on any atom is -0.394 e. The van der Waals surface area contributed by atoms with Gasteiger partial charge in [-0.05, 0) is 6.42 Å². The number of hydrogen-bond acceptors (Lipinski definition) is 14. The van der Waals surface area contributed by atoms with E-state index in [1.54, 1.807) is 6.92 Å². The molecule has 0 bridgehead atoms. The first kappa shape index (κ1) is 36.6. The van der Waals surface area contributed by atoms with Crippen LogP contribution in [-0.4, -0.2) is 159 Å². The first-order valence-corrected chi connectivity index (χ1v) is 14.5. The van der Waals surface area contributed by atoms with E-state index in [2.05, 4.69) is 0 Å². The smallest absolute Gasteiger partial charge is 0.163 e. The average molecular weight is 601 g/mol. The van der Waals surface area contributed by atoms with Crippen LogP contribution in [0.3, 0.4) is 0 Å². The van der Waals surface area contributed by atoms with Crippen molar-refractivity contribution in [2.75, 3.05) is 79.3 Å². The maximum Gasteiger partial charge on any atom is 0.163 e. The molecule has 0 aromatic heterocycles. The second kappa shape index (κ2) is 20.4. The molecule has 0 aromatic carbocycles. The maximum absolute atomic E-state index is 10.2. The molecule has 2 aliphatic heterocycles. The van der Waals surface area contributed by atoms with E-state index in [4.69, 9.17) is 37.9 Å². The fourth-order valence-electron chi connectivity index (χ4n) is 4.65. The highest BCUT2D eigenvalue weighted by molar-refractivity contribution is 4.88. The van der Waals surface area contributed by atoms with Crippen molar-refractivity contribution in [2.45, 2.75) is 76.4 Å². The van der Waals surface area contributed by atoms with Gasteiger partial charge in [-0.1, -0.05) is 20.8 Å². The van der Waals surface area contributed by atoms with Gasteiger partial charge in [0, 0.05) is 17.8 Å². The van der Waals surface area contributed by atoms with E-state index in [1.165, 1.54) is 0 Å². The largest absolute Gasteiger partial charge is 0.394 e. The summed E-state index contributed by atoms with van der Waals surface area (Å²) >= 11 is 0. The van der Waals surface area contributed by atoms with Gasteiger partial charge in [0.2, 0.25) is 0 Å². The van der Waals surface area contributed by atoms with Gasteiger partial charge in [0.25, 0.3) is 0 Å². The summed E-state index contributed by atoms with van der Waals surface area (Å²) in [6.45, 7) is 8.52. The fraction of sp³-hybridized carbons (Fsp3) is 1.00. The molecule has 244 valence electrons. The molecular formula is C27H52O14. The second-order valence-corrected chi connectivity index (χ2v) is 10.6. The highest BCUT2D eigenvalue weighted by Crippen LogP contribution is 2.29. The van der Waals surface area contributed by atoms with Crippen LogP contribution in [0.5, 0.6) is 0 Å². The van der Waals surface area contributed by atoms with Crippen LogP contribution in [0.1, 0.15) is 27.2 Å². The zero-order chi connectivity index (χ0) is 30.2. The Hall–Kier alpha value is -0.560. The minimum atomic E-state index is -1.15. The highest BCUT2D eigenvalue weighted by Gasteiger charge is 2.44. The van der Waals surface area contributed by atoms with Crippen LogP contribution in [0, 0.1) is 17.8 Å². The Morgan fingerprint density at radius 3 is 1.56 bits per heavy atom. The third kappa shape index (κ3) is 12.2. The molecule has 0 spiro atoms. The SMILES string of the molecule is CC[C@H]1C(O)[C@@H](O)C(CO)O[C@H]1OCCOCCOCC(C)COCCOCCO[C@@H]1OC(CO)[C@H](O)C(O)[C@@H]1C. The summed E-state index contributed by atoms with van der Waals surface area (Å²) in [4.78, 5) is 0. The van der Waals surface area contributed by atoms with E-state index in [9.17, 15) is 30.6 Å². The first-order valence-electron chi connectivity index (χ1n) is 14.5. The molecule has 0 radical (unpaired) electrons. The van der Waals surface area contributed by atoms with Crippen LogP contribution in [0.4, 0.5) is 0 Å². The van der Waals surface area contributed by atoms with Crippen LogP contribution >= 0.6 is 0 Å². The van der Waals surface area contributed by atoms with Gasteiger partial charge in [-0.3, -0.25) is 0 Å². The second-order valence-electron chi connectivity index (χ2n) is 10.6. The zero-order valence-corrected chi connectivity index (χ0v) is 24.5. The summed E-state index contributed by atoms with van der Waals surface area (Å²) < 4.78 is 44.6. The molecular weight excluding hydrogens is 548 g/mol. The Kier molecular flexibility index (Phi) is 18.2. The summed E-state index contributed by atoms with van der Waals surface area (Å²) in [6.07, 6.45) is -7.02. The van der Waals surface area contributed by atoms with E-state index >= 15 is 0 Å². The highest BCUT2D eigenvalue weighted by atomic mass is 16.7.